The molecule has 0 radical (unpaired) electrons. The van der Waals surface area contributed by atoms with Crippen LogP contribution in [0.15, 0.2) is 0 Å². The Bertz CT molecular complexity index is 592. The molecule has 0 saturated heterocycles. The zero-order valence-corrected chi connectivity index (χ0v) is 13.3. The van der Waals surface area contributed by atoms with E-state index in [0.717, 1.165) is 32.1 Å². The van der Waals surface area contributed by atoms with Gasteiger partial charge in [-0.25, -0.2) is 0 Å². The van der Waals surface area contributed by atoms with Crippen LogP contribution in [0.1, 0.15) is 45.4 Å². The lowest BCUT2D eigenvalue weighted by atomic mass is 9.48. The number of rotatable bonds is 5. The molecule has 4 bridgehead atoms. The predicted molar refractivity (Wildman–Crippen MR) is 80.5 cm³/mol. The number of hydrogen-bond acceptors (Lipinski definition) is 6. The van der Waals surface area contributed by atoms with E-state index in [-0.39, 0.29) is 5.71 Å². The first-order valence-corrected chi connectivity index (χ1v) is 8.14. The van der Waals surface area contributed by atoms with E-state index in [0.29, 0.717) is 18.3 Å². The fraction of sp³-hybridized carbons (Fsp3) is 0.765. The number of Topliss-reactive ketones (excluding diaryl/α,β-unsaturated/α-hetero) is 1. The van der Waals surface area contributed by atoms with Crippen LogP contribution in [-0.4, -0.2) is 34.8 Å². The van der Waals surface area contributed by atoms with Crippen molar-refractivity contribution in [3.8, 4) is 6.07 Å². The monoisotopic (exact) mass is 318 g/mol. The molecule has 4 saturated carbocycles. The number of ether oxygens (including phenoxy) is 1. The van der Waals surface area contributed by atoms with Gasteiger partial charge in [0, 0.05) is 5.71 Å². The largest absolute Gasteiger partial charge is 0.457 e. The summed E-state index contributed by atoms with van der Waals surface area (Å²) in [7, 11) is 0. The smallest absolute Gasteiger partial charge is 0.312 e. The van der Waals surface area contributed by atoms with Gasteiger partial charge in [0.1, 0.15) is 5.92 Å². The van der Waals surface area contributed by atoms with Crippen LogP contribution in [-0.2, 0) is 14.3 Å². The van der Waals surface area contributed by atoms with Crippen molar-refractivity contribution in [3.05, 3.63) is 0 Å². The molecule has 0 aromatic rings. The number of esters is 1. The van der Waals surface area contributed by atoms with Gasteiger partial charge in [0.2, 0.25) is 0 Å². The number of nitrogens with one attached hydrogen (secondary N) is 1. The molecule has 0 heterocycles. The fourth-order valence-electron chi connectivity index (χ4n) is 5.24. The summed E-state index contributed by atoms with van der Waals surface area (Å²) >= 11 is 0. The number of hydrogen-bond donors (Lipinski definition) is 2. The minimum atomic E-state index is -1.15. The molecule has 2 N–H and O–H groups in total. The van der Waals surface area contributed by atoms with Gasteiger partial charge < -0.3 is 15.3 Å². The van der Waals surface area contributed by atoms with E-state index < -0.39 is 35.3 Å². The Balaban J connectivity index is 1.66. The second-order valence-corrected chi connectivity index (χ2v) is 7.75. The van der Waals surface area contributed by atoms with Gasteiger partial charge in [0.15, 0.2) is 12.4 Å². The second kappa shape index (κ2) is 5.41. The Kier molecular flexibility index (Phi) is 3.80. The maximum atomic E-state index is 12.6. The molecule has 3 unspecified atom stereocenters. The molecule has 0 aromatic carbocycles. The maximum absolute atomic E-state index is 12.6. The van der Waals surface area contributed by atoms with Gasteiger partial charge in [0.25, 0.3) is 0 Å². The van der Waals surface area contributed by atoms with Crippen molar-refractivity contribution in [2.75, 3.05) is 6.61 Å². The highest BCUT2D eigenvalue weighted by Crippen LogP contribution is 2.61. The molecule has 23 heavy (non-hydrogen) atoms. The summed E-state index contributed by atoms with van der Waals surface area (Å²) in [5, 5.41) is 27.0. The lowest BCUT2D eigenvalue weighted by Gasteiger charge is -2.58. The van der Waals surface area contributed by atoms with Crippen molar-refractivity contribution in [3.63, 3.8) is 0 Å². The van der Waals surface area contributed by atoms with Crippen LogP contribution in [0.5, 0.6) is 0 Å². The van der Waals surface area contributed by atoms with Gasteiger partial charge in [-0.2, -0.15) is 5.26 Å². The molecule has 0 spiro atoms. The van der Waals surface area contributed by atoms with Crippen molar-refractivity contribution >= 4 is 17.5 Å². The van der Waals surface area contributed by atoms with Gasteiger partial charge in [-0.15, -0.1) is 0 Å². The van der Waals surface area contributed by atoms with Crippen molar-refractivity contribution in [2.45, 2.75) is 51.0 Å². The van der Waals surface area contributed by atoms with Gasteiger partial charge in [-0.1, -0.05) is 0 Å². The number of nitrogens with zero attached hydrogens (tertiary/aromatic N) is 1. The first-order valence-electron chi connectivity index (χ1n) is 8.14. The third-order valence-corrected chi connectivity index (χ3v) is 5.69. The van der Waals surface area contributed by atoms with Gasteiger partial charge in [0.05, 0.1) is 17.1 Å². The molecule has 6 nitrogen and oxygen atoms in total. The number of nitriles is 1. The molecule has 4 aliphatic rings. The van der Waals surface area contributed by atoms with E-state index in [1.165, 1.54) is 6.92 Å². The van der Waals surface area contributed by atoms with Crippen LogP contribution in [0.25, 0.3) is 0 Å². The highest BCUT2D eigenvalue weighted by molar-refractivity contribution is 6.06. The molecular formula is C17H22N2O4. The molecule has 4 aliphatic carbocycles. The standard InChI is InChI=1S/C17H22N2O4/c1-10(19)13(7-18)14(20)8-23-15(21)16-3-11-2-12(4-16)6-17(22,5-11)9-16/h11-13,19,22H,2-6,8-9H2,1H3/t11-,12+,13?,16?,17?. The van der Waals surface area contributed by atoms with Gasteiger partial charge in [-0.05, 0) is 57.3 Å². The highest BCUT2D eigenvalue weighted by atomic mass is 16.5. The molecule has 0 amide bonds. The summed E-state index contributed by atoms with van der Waals surface area (Å²) in [4.78, 5) is 24.5. The van der Waals surface area contributed by atoms with Crippen LogP contribution in [0.2, 0.25) is 0 Å². The van der Waals surface area contributed by atoms with Crippen molar-refractivity contribution < 1.29 is 19.4 Å². The summed E-state index contributed by atoms with van der Waals surface area (Å²) in [5.74, 6) is -1.40. The van der Waals surface area contributed by atoms with Crippen molar-refractivity contribution in [2.24, 2.45) is 23.2 Å². The summed E-state index contributed by atoms with van der Waals surface area (Å²) in [6, 6.07) is 1.76. The average molecular weight is 318 g/mol. The number of carbonyl (C=O) groups excluding carboxylic acids is 2. The van der Waals surface area contributed by atoms with E-state index in [1.54, 1.807) is 6.07 Å². The van der Waals surface area contributed by atoms with Crippen LogP contribution in [0.3, 0.4) is 0 Å². The molecule has 0 aliphatic heterocycles. The Morgan fingerprint density at radius 3 is 2.43 bits per heavy atom. The van der Waals surface area contributed by atoms with E-state index in [1.807, 2.05) is 0 Å². The molecule has 4 rings (SSSR count). The highest BCUT2D eigenvalue weighted by Gasteiger charge is 2.60. The molecule has 5 atom stereocenters. The van der Waals surface area contributed by atoms with Gasteiger partial charge >= 0.3 is 5.97 Å². The van der Waals surface area contributed by atoms with Crippen LogP contribution in [0, 0.1) is 39.9 Å². The normalized spacial score (nSPS) is 38.7. The quantitative estimate of drug-likeness (QED) is 0.591. The van der Waals surface area contributed by atoms with E-state index in [9.17, 15) is 14.7 Å². The van der Waals surface area contributed by atoms with Crippen LogP contribution >= 0.6 is 0 Å². The Morgan fingerprint density at radius 1 is 1.35 bits per heavy atom. The first-order chi connectivity index (χ1) is 10.8. The van der Waals surface area contributed by atoms with Crippen LogP contribution < -0.4 is 0 Å². The predicted octanol–water partition coefficient (Wildman–Crippen LogP) is 1.61. The van der Waals surface area contributed by atoms with E-state index in [4.69, 9.17) is 15.4 Å². The summed E-state index contributed by atoms with van der Waals surface area (Å²) in [5.41, 5.74) is -1.47. The SMILES string of the molecule is CC(=N)C(C#N)C(=O)COC(=O)C12C[C@@H]3C[C@@H](CC(O)(C3)C1)C2. The molecule has 124 valence electrons. The topological polar surface area (TPSA) is 111 Å². The Morgan fingerprint density at radius 2 is 1.96 bits per heavy atom. The zero-order chi connectivity index (χ0) is 16.8. The fourth-order valence-corrected chi connectivity index (χ4v) is 5.24. The third kappa shape index (κ3) is 2.78. The van der Waals surface area contributed by atoms with Crippen LogP contribution in [0.4, 0.5) is 0 Å². The summed E-state index contributed by atoms with van der Waals surface area (Å²) in [6.45, 7) is 0.922. The first kappa shape index (κ1) is 16.1. The zero-order valence-electron chi connectivity index (χ0n) is 13.3. The molecule has 6 heteroatoms. The van der Waals surface area contributed by atoms with Gasteiger partial charge in [-0.3, -0.25) is 9.59 Å². The molecular weight excluding hydrogens is 296 g/mol. The van der Waals surface area contributed by atoms with E-state index in [2.05, 4.69) is 0 Å². The number of aliphatic hydroxyl groups is 1. The minimum absolute atomic E-state index is 0.0438. The Labute approximate surface area is 135 Å². The molecule has 0 aromatic heterocycles. The Hall–Kier alpha value is -1.74. The lowest BCUT2D eigenvalue weighted by molar-refractivity contribution is -0.196. The maximum Gasteiger partial charge on any atom is 0.312 e. The number of ketones is 1. The minimum Gasteiger partial charge on any atom is -0.457 e. The second-order valence-electron chi connectivity index (χ2n) is 7.75. The molecule has 4 fully saturated rings. The number of carbonyl (C=O) groups is 2. The third-order valence-electron chi connectivity index (χ3n) is 5.69. The van der Waals surface area contributed by atoms with Crippen molar-refractivity contribution in [1.82, 2.24) is 0 Å². The van der Waals surface area contributed by atoms with E-state index >= 15 is 0 Å². The average Bonchev–Trinajstić information content (AvgIpc) is 2.42. The van der Waals surface area contributed by atoms with Crippen molar-refractivity contribution in [1.29, 1.82) is 10.7 Å². The summed E-state index contributed by atoms with van der Waals surface area (Å²) < 4.78 is 5.22. The summed E-state index contributed by atoms with van der Waals surface area (Å²) in [6.07, 6.45) is 4.47. The lowest BCUT2D eigenvalue weighted by Crippen LogP contribution is -2.58.